The highest BCUT2D eigenvalue weighted by molar-refractivity contribution is 5.86. The first kappa shape index (κ1) is 24.7. The molecule has 2 amide bonds. The first-order chi connectivity index (χ1) is 16.8. The predicted octanol–water partition coefficient (Wildman–Crippen LogP) is 3.21. The van der Waals surface area contributed by atoms with E-state index in [9.17, 15) is 14.4 Å². The van der Waals surface area contributed by atoms with Crippen molar-refractivity contribution in [2.45, 2.75) is 43.7 Å². The van der Waals surface area contributed by atoms with Crippen LogP contribution in [-0.2, 0) is 14.3 Å². The molecule has 0 saturated heterocycles. The maximum atomic E-state index is 13.0. The number of amides is 2. The van der Waals surface area contributed by atoms with Crippen LogP contribution in [0.4, 0.5) is 4.79 Å². The highest BCUT2D eigenvalue weighted by atomic mass is 16.5. The van der Waals surface area contributed by atoms with Crippen molar-refractivity contribution in [1.82, 2.24) is 15.5 Å². The minimum absolute atomic E-state index is 0.0565. The fraction of sp³-hybridized carbons (Fsp3) is 0.444. The summed E-state index contributed by atoms with van der Waals surface area (Å²) in [4.78, 5) is 38.5. The Balaban J connectivity index is 1.35. The van der Waals surface area contributed by atoms with Crippen molar-refractivity contribution in [2.75, 3.05) is 27.2 Å². The minimum atomic E-state index is -0.815. The highest BCUT2D eigenvalue weighted by Crippen LogP contribution is 2.44. The van der Waals surface area contributed by atoms with Gasteiger partial charge in [-0.25, -0.2) is 4.79 Å². The summed E-state index contributed by atoms with van der Waals surface area (Å²) >= 11 is 0. The summed E-state index contributed by atoms with van der Waals surface area (Å²) in [6.07, 6.45) is 1.63. The topological polar surface area (TPSA) is 108 Å². The first-order valence-corrected chi connectivity index (χ1v) is 12.1. The van der Waals surface area contributed by atoms with Gasteiger partial charge in [0.25, 0.3) is 0 Å². The number of aliphatic carboxylic acids is 1. The lowest BCUT2D eigenvalue weighted by Crippen LogP contribution is -2.53. The van der Waals surface area contributed by atoms with Crippen molar-refractivity contribution >= 4 is 18.0 Å². The number of nitrogens with one attached hydrogen (secondary N) is 2. The third-order valence-electron chi connectivity index (χ3n) is 6.85. The lowest BCUT2D eigenvalue weighted by atomic mass is 9.98. The van der Waals surface area contributed by atoms with Gasteiger partial charge in [-0.1, -0.05) is 48.5 Å². The summed E-state index contributed by atoms with van der Waals surface area (Å²) < 4.78 is 5.62. The van der Waals surface area contributed by atoms with Crippen LogP contribution in [0.2, 0.25) is 0 Å². The van der Waals surface area contributed by atoms with E-state index in [1.165, 1.54) is 0 Å². The van der Waals surface area contributed by atoms with Crippen molar-refractivity contribution in [3.05, 3.63) is 59.7 Å². The van der Waals surface area contributed by atoms with Crippen LogP contribution in [0.25, 0.3) is 11.1 Å². The van der Waals surface area contributed by atoms with Crippen LogP contribution in [0.3, 0.4) is 0 Å². The fourth-order valence-electron chi connectivity index (χ4n) is 5.28. The number of rotatable bonds is 9. The summed E-state index contributed by atoms with van der Waals surface area (Å²) in [6.45, 7) is 0.497. The van der Waals surface area contributed by atoms with E-state index < -0.39 is 18.1 Å². The molecule has 0 aliphatic heterocycles. The van der Waals surface area contributed by atoms with E-state index >= 15 is 0 Å². The molecule has 2 aliphatic carbocycles. The number of carbonyl (C=O) groups excluding carboxylic acids is 2. The summed E-state index contributed by atoms with van der Waals surface area (Å²) in [5, 5.41) is 14.7. The molecule has 35 heavy (non-hydrogen) atoms. The Hall–Kier alpha value is -3.39. The second kappa shape index (κ2) is 10.9. The van der Waals surface area contributed by atoms with Crippen molar-refractivity contribution in [1.29, 1.82) is 0 Å². The molecule has 2 aliphatic rings. The molecule has 1 unspecified atom stereocenters. The van der Waals surface area contributed by atoms with Gasteiger partial charge in [-0.3, -0.25) is 9.59 Å². The number of hydrogen-bond acceptors (Lipinski definition) is 5. The first-order valence-electron chi connectivity index (χ1n) is 12.1. The SMILES string of the molecule is CN(C)CC(NC(=O)OCC1c2ccccc2-c2ccccc21)C(=O)N[C@@H]1CC[C@H](CC(=O)O)C1. The van der Waals surface area contributed by atoms with Gasteiger partial charge < -0.3 is 25.4 Å². The Bertz CT molecular complexity index is 1040. The molecule has 186 valence electrons. The third kappa shape index (κ3) is 6.00. The minimum Gasteiger partial charge on any atom is -0.481 e. The van der Waals surface area contributed by atoms with E-state index in [-0.39, 0.29) is 36.8 Å². The number of carboxylic acid groups (broad SMARTS) is 1. The van der Waals surface area contributed by atoms with Crippen LogP contribution in [-0.4, -0.2) is 67.3 Å². The Morgan fingerprint density at radius 2 is 1.66 bits per heavy atom. The Morgan fingerprint density at radius 3 is 2.26 bits per heavy atom. The smallest absolute Gasteiger partial charge is 0.407 e. The normalized spacial score (nSPS) is 19.6. The second-order valence-electron chi connectivity index (χ2n) is 9.77. The molecule has 0 spiro atoms. The average Bonchev–Trinajstić information content (AvgIpc) is 3.38. The number of nitrogens with zero attached hydrogens (tertiary/aromatic N) is 1. The zero-order valence-electron chi connectivity index (χ0n) is 20.2. The molecule has 2 aromatic rings. The van der Waals surface area contributed by atoms with Crippen molar-refractivity contribution in [3.63, 3.8) is 0 Å². The molecule has 0 bridgehead atoms. The third-order valence-corrected chi connectivity index (χ3v) is 6.85. The Labute approximate surface area is 205 Å². The van der Waals surface area contributed by atoms with Crippen molar-refractivity contribution in [3.8, 4) is 11.1 Å². The molecule has 1 fully saturated rings. The van der Waals surface area contributed by atoms with E-state index in [0.717, 1.165) is 35.1 Å². The number of ether oxygens (including phenoxy) is 1. The molecule has 8 heteroatoms. The standard InChI is InChI=1S/C27H33N3O5/c1-30(2)15-24(26(33)28-18-12-11-17(13-18)14-25(31)32)29-27(34)35-16-23-21-9-5-3-7-19(21)20-8-4-6-10-22(20)23/h3-10,17-18,23-24H,11-16H2,1-2H3,(H,28,33)(H,29,34)(H,31,32)/t17-,18+,24?/m0/s1. The zero-order valence-corrected chi connectivity index (χ0v) is 20.2. The van der Waals surface area contributed by atoms with Gasteiger partial charge in [-0.15, -0.1) is 0 Å². The highest BCUT2D eigenvalue weighted by Gasteiger charge is 2.32. The van der Waals surface area contributed by atoms with E-state index in [0.29, 0.717) is 13.0 Å². The largest absolute Gasteiger partial charge is 0.481 e. The lowest BCUT2D eigenvalue weighted by molar-refractivity contribution is -0.138. The molecular formula is C27H33N3O5. The van der Waals surface area contributed by atoms with Gasteiger partial charge in [0.2, 0.25) is 5.91 Å². The number of benzene rings is 2. The van der Waals surface area contributed by atoms with Crippen molar-refractivity contribution < 1.29 is 24.2 Å². The van der Waals surface area contributed by atoms with E-state index in [1.807, 2.05) is 43.3 Å². The predicted molar refractivity (Wildman–Crippen MR) is 132 cm³/mol. The van der Waals surface area contributed by atoms with Crippen LogP contribution in [0, 0.1) is 5.92 Å². The van der Waals surface area contributed by atoms with Crippen molar-refractivity contribution in [2.24, 2.45) is 5.92 Å². The van der Waals surface area contributed by atoms with Gasteiger partial charge in [0.1, 0.15) is 12.6 Å². The molecule has 4 rings (SSSR count). The van der Waals surface area contributed by atoms with Gasteiger partial charge in [0.05, 0.1) is 0 Å². The fourth-order valence-corrected chi connectivity index (χ4v) is 5.28. The summed E-state index contributed by atoms with van der Waals surface area (Å²) in [6, 6.07) is 15.4. The van der Waals surface area contributed by atoms with Crippen LogP contribution in [0.1, 0.15) is 42.7 Å². The molecule has 0 heterocycles. The van der Waals surface area contributed by atoms with E-state index in [1.54, 1.807) is 0 Å². The Morgan fingerprint density at radius 1 is 1.03 bits per heavy atom. The lowest BCUT2D eigenvalue weighted by Gasteiger charge is -2.24. The van der Waals surface area contributed by atoms with Gasteiger partial charge >= 0.3 is 12.1 Å². The number of likely N-dealkylation sites (N-methyl/N-ethyl adjacent to an activating group) is 1. The van der Waals surface area contributed by atoms with Crippen LogP contribution < -0.4 is 10.6 Å². The summed E-state index contributed by atoms with van der Waals surface area (Å²) in [5.74, 6) is -1.09. The summed E-state index contributed by atoms with van der Waals surface area (Å²) in [7, 11) is 3.66. The maximum absolute atomic E-state index is 13.0. The van der Waals surface area contributed by atoms with Gasteiger partial charge in [-0.2, -0.15) is 0 Å². The maximum Gasteiger partial charge on any atom is 0.407 e. The number of hydrogen-bond donors (Lipinski definition) is 3. The second-order valence-corrected chi connectivity index (χ2v) is 9.77. The monoisotopic (exact) mass is 479 g/mol. The van der Waals surface area contributed by atoms with Gasteiger partial charge in [0, 0.05) is 24.9 Å². The number of alkyl carbamates (subject to hydrolysis) is 1. The molecule has 1 saturated carbocycles. The molecule has 2 aromatic carbocycles. The Kier molecular flexibility index (Phi) is 7.70. The molecule has 0 aromatic heterocycles. The summed E-state index contributed by atoms with van der Waals surface area (Å²) in [5.41, 5.74) is 4.56. The van der Waals surface area contributed by atoms with Gasteiger partial charge in [0.15, 0.2) is 0 Å². The molecule has 8 nitrogen and oxygen atoms in total. The van der Waals surface area contributed by atoms with Gasteiger partial charge in [-0.05, 0) is 61.5 Å². The van der Waals surface area contributed by atoms with Crippen LogP contribution in [0.15, 0.2) is 48.5 Å². The van der Waals surface area contributed by atoms with E-state index in [4.69, 9.17) is 9.84 Å². The number of fused-ring (bicyclic) bond motifs is 3. The number of carbonyl (C=O) groups is 3. The zero-order chi connectivity index (χ0) is 24.9. The quantitative estimate of drug-likeness (QED) is 0.510. The molecule has 0 radical (unpaired) electrons. The molecular weight excluding hydrogens is 446 g/mol. The van der Waals surface area contributed by atoms with Crippen LogP contribution in [0.5, 0.6) is 0 Å². The average molecular weight is 480 g/mol. The number of carboxylic acids is 1. The van der Waals surface area contributed by atoms with Crippen LogP contribution >= 0.6 is 0 Å². The molecule has 3 N–H and O–H groups in total. The molecule has 3 atom stereocenters. The van der Waals surface area contributed by atoms with E-state index in [2.05, 4.69) is 34.9 Å².